The molecule has 6 heteroatoms. The Kier molecular flexibility index (Phi) is 6.33. The van der Waals surface area contributed by atoms with Gasteiger partial charge in [0.1, 0.15) is 5.75 Å². The number of hydrogen-bond acceptors (Lipinski definition) is 4. The summed E-state index contributed by atoms with van der Waals surface area (Å²) in [6.45, 7) is 2.22. The second-order valence-corrected chi connectivity index (χ2v) is 5.26. The molecule has 6 nitrogen and oxygen atoms in total. The first-order chi connectivity index (χ1) is 11.6. The number of carbonyl (C=O) groups excluding carboxylic acids is 2. The van der Waals surface area contributed by atoms with E-state index in [2.05, 4.69) is 16.0 Å². The molecule has 0 saturated heterocycles. The van der Waals surface area contributed by atoms with E-state index in [0.29, 0.717) is 17.9 Å². The van der Waals surface area contributed by atoms with Gasteiger partial charge in [-0.25, -0.2) is 0 Å². The van der Waals surface area contributed by atoms with Crippen LogP contribution in [-0.2, 0) is 16.1 Å². The maximum Gasteiger partial charge on any atom is 0.238 e. The predicted octanol–water partition coefficient (Wildman–Crippen LogP) is 2.38. The Bertz CT molecular complexity index is 699. The Morgan fingerprint density at radius 1 is 1.00 bits per heavy atom. The van der Waals surface area contributed by atoms with Gasteiger partial charge in [-0.05, 0) is 35.9 Å². The highest BCUT2D eigenvalue weighted by Gasteiger charge is 2.04. The molecule has 0 aliphatic heterocycles. The maximum atomic E-state index is 12.0. The zero-order chi connectivity index (χ0) is 17.4. The van der Waals surface area contributed by atoms with Crippen LogP contribution < -0.4 is 20.7 Å². The van der Waals surface area contributed by atoms with Crippen molar-refractivity contribution in [1.29, 1.82) is 0 Å². The normalized spacial score (nSPS) is 10.1. The molecule has 126 valence electrons. The summed E-state index contributed by atoms with van der Waals surface area (Å²) >= 11 is 0. The fourth-order valence-electron chi connectivity index (χ4n) is 2.15. The standard InChI is InChI=1S/C18H21N3O3/c1-13(22)20-15-4-3-5-16(10-15)21-18(23)12-19-11-14-6-8-17(24-2)9-7-14/h3-10,19H,11-12H2,1-2H3,(H,20,22)(H,21,23). The molecule has 24 heavy (non-hydrogen) atoms. The summed E-state index contributed by atoms with van der Waals surface area (Å²) in [5.74, 6) is 0.499. The van der Waals surface area contributed by atoms with Crippen LogP contribution in [-0.4, -0.2) is 25.5 Å². The first-order valence-corrected chi connectivity index (χ1v) is 7.58. The topological polar surface area (TPSA) is 79.5 Å². The Morgan fingerprint density at radius 2 is 1.67 bits per heavy atom. The van der Waals surface area contributed by atoms with Gasteiger partial charge in [-0.1, -0.05) is 18.2 Å². The van der Waals surface area contributed by atoms with Crippen molar-refractivity contribution in [3.05, 3.63) is 54.1 Å². The van der Waals surface area contributed by atoms with Crippen LogP contribution in [0.1, 0.15) is 12.5 Å². The smallest absolute Gasteiger partial charge is 0.238 e. The van der Waals surface area contributed by atoms with Gasteiger partial charge in [0.05, 0.1) is 13.7 Å². The van der Waals surface area contributed by atoms with E-state index in [-0.39, 0.29) is 18.4 Å². The molecule has 2 aromatic rings. The van der Waals surface area contributed by atoms with Crippen LogP contribution in [0, 0.1) is 0 Å². The lowest BCUT2D eigenvalue weighted by Gasteiger charge is -2.09. The number of amides is 2. The van der Waals surface area contributed by atoms with Crippen LogP contribution in [0.15, 0.2) is 48.5 Å². The fraction of sp³-hybridized carbons (Fsp3) is 0.222. The zero-order valence-electron chi connectivity index (χ0n) is 13.8. The maximum absolute atomic E-state index is 12.0. The fourth-order valence-corrected chi connectivity index (χ4v) is 2.15. The lowest BCUT2D eigenvalue weighted by molar-refractivity contribution is -0.115. The molecule has 0 fully saturated rings. The van der Waals surface area contributed by atoms with Crippen molar-refractivity contribution in [2.45, 2.75) is 13.5 Å². The second kappa shape index (κ2) is 8.69. The van der Waals surface area contributed by atoms with Gasteiger partial charge in [0.2, 0.25) is 11.8 Å². The summed E-state index contributed by atoms with van der Waals surface area (Å²) in [6.07, 6.45) is 0. The first kappa shape index (κ1) is 17.5. The number of ether oxygens (including phenoxy) is 1. The largest absolute Gasteiger partial charge is 0.497 e. The van der Waals surface area contributed by atoms with Crippen molar-refractivity contribution in [3.63, 3.8) is 0 Å². The Balaban J connectivity index is 1.79. The van der Waals surface area contributed by atoms with Gasteiger partial charge < -0.3 is 20.7 Å². The number of hydrogen-bond donors (Lipinski definition) is 3. The van der Waals surface area contributed by atoms with Crippen molar-refractivity contribution >= 4 is 23.2 Å². The van der Waals surface area contributed by atoms with Crippen LogP contribution in [0.3, 0.4) is 0 Å². The highest BCUT2D eigenvalue weighted by Crippen LogP contribution is 2.15. The number of methoxy groups -OCH3 is 1. The van der Waals surface area contributed by atoms with Gasteiger partial charge in [-0.3, -0.25) is 9.59 Å². The van der Waals surface area contributed by atoms with Gasteiger partial charge in [-0.2, -0.15) is 0 Å². The van der Waals surface area contributed by atoms with Crippen molar-refractivity contribution in [2.24, 2.45) is 0 Å². The molecular formula is C18H21N3O3. The summed E-state index contributed by atoms with van der Waals surface area (Å²) in [5, 5.41) is 8.55. The van der Waals surface area contributed by atoms with E-state index in [0.717, 1.165) is 11.3 Å². The number of carbonyl (C=O) groups is 2. The van der Waals surface area contributed by atoms with E-state index in [1.807, 2.05) is 24.3 Å². The van der Waals surface area contributed by atoms with Crippen molar-refractivity contribution in [1.82, 2.24) is 5.32 Å². The predicted molar refractivity (Wildman–Crippen MR) is 94.1 cm³/mol. The Morgan fingerprint density at radius 3 is 2.29 bits per heavy atom. The molecule has 0 saturated carbocycles. The number of anilines is 2. The minimum absolute atomic E-state index is 0.150. The summed E-state index contributed by atoms with van der Waals surface area (Å²) in [5.41, 5.74) is 2.35. The summed E-state index contributed by atoms with van der Waals surface area (Å²) in [7, 11) is 1.62. The van der Waals surface area contributed by atoms with Crippen molar-refractivity contribution in [2.75, 3.05) is 24.3 Å². The molecule has 0 aliphatic carbocycles. The van der Waals surface area contributed by atoms with Gasteiger partial charge in [0, 0.05) is 24.8 Å². The molecule has 0 unspecified atom stereocenters. The van der Waals surface area contributed by atoms with E-state index in [1.54, 1.807) is 31.4 Å². The van der Waals surface area contributed by atoms with Gasteiger partial charge in [0.15, 0.2) is 0 Å². The molecule has 0 bridgehead atoms. The third kappa shape index (κ3) is 5.73. The lowest BCUT2D eigenvalue weighted by Crippen LogP contribution is -2.27. The van der Waals surface area contributed by atoms with Gasteiger partial charge >= 0.3 is 0 Å². The monoisotopic (exact) mass is 327 g/mol. The highest BCUT2D eigenvalue weighted by molar-refractivity contribution is 5.94. The van der Waals surface area contributed by atoms with E-state index < -0.39 is 0 Å². The quantitative estimate of drug-likeness (QED) is 0.729. The van der Waals surface area contributed by atoms with E-state index in [1.165, 1.54) is 6.92 Å². The van der Waals surface area contributed by atoms with Crippen LogP contribution in [0.5, 0.6) is 5.75 Å². The van der Waals surface area contributed by atoms with Crippen LogP contribution in [0.2, 0.25) is 0 Å². The van der Waals surface area contributed by atoms with Crippen molar-refractivity contribution in [3.8, 4) is 5.75 Å². The first-order valence-electron chi connectivity index (χ1n) is 7.58. The molecule has 0 heterocycles. The number of rotatable bonds is 7. The number of nitrogens with one attached hydrogen (secondary N) is 3. The molecule has 0 atom stereocenters. The average molecular weight is 327 g/mol. The Labute approximate surface area is 141 Å². The third-order valence-electron chi connectivity index (χ3n) is 3.24. The average Bonchev–Trinajstić information content (AvgIpc) is 2.55. The minimum atomic E-state index is -0.153. The van der Waals surface area contributed by atoms with E-state index in [4.69, 9.17) is 4.74 Å². The molecule has 2 rings (SSSR count). The molecular weight excluding hydrogens is 306 g/mol. The number of benzene rings is 2. The molecule has 0 spiro atoms. The molecule has 3 N–H and O–H groups in total. The lowest BCUT2D eigenvalue weighted by atomic mass is 10.2. The molecule has 0 aromatic heterocycles. The molecule has 0 aliphatic rings. The van der Waals surface area contributed by atoms with Crippen LogP contribution in [0.4, 0.5) is 11.4 Å². The van der Waals surface area contributed by atoms with Crippen LogP contribution in [0.25, 0.3) is 0 Å². The molecule has 2 aromatic carbocycles. The summed E-state index contributed by atoms with van der Waals surface area (Å²) in [4.78, 5) is 23.0. The zero-order valence-corrected chi connectivity index (χ0v) is 13.8. The van der Waals surface area contributed by atoms with E-state index in [9.17, 15) is 9.59 Å². The summed E-state index contributed by atoms with van der Waals surface area (Å²) in [6, 6.07) is 14.7. The van der Waals surface area contributed by atoms with Gasteiger partial charge in [-0.15, -0.1) is 0 Å². The Hall–Kier alpha value is -2.86. The minimum Gasteiger partial charge on any atom is -0.497 e. The second-order valence-electron chi connectivity index (χ2n) is 5.26. The highest BCUT2D eigenvalue weighted by atomic mass is 16.5. The van der Waals surface area contributed by atoms with Crippen LogP contribution >= 0.6 is 0 Å². The van der Waals surface area contributed by atoms with E-state index >= 15 is 0 Å². The summed E-state index contributed by atoms with van der Waals surface area (Å²) < 4.78 is 5.10. The van der Waals surface area contributed by atoms with Crippen molar-refractivity contribution < 1.29 is 14.3 Å². The SMILES string of the molecule is COc1ccc(CNCC(=O)Nc2cccc(NC(C)=O)c2)cc1. The van der Waals surface area contributed by atoms with Gasteiger partial charge in [0.25, 0.3) is 0 Å². The third-order valence-corrected chi connectivity index (χ3v) is 3.24. The molecule has 0 radical (unpaired) electrons. The molecule has 2 amide bonds.